The zero-order valence-corrected chi connectivity index (χ0v) is 20.1. The van der Waals surface area contributed by atoms with Crippen molar-refractivity contribution < 1.29 is 9.53 Å². The number of benzene rings is 1. The second kappa shape index (κ2) is 10.2. The minimum atomic E-state index is -0.225. The molecular weight excluding hydrogens is 444 g/mol. The molecule has 1 saturated heterocycles. The van der Waals surface area contributed by atoms with Crippen LogP contribution in [0.15, 0.2) is 42.7 Å². The van der Waals surface area contributed by atoms with Gasteiger partial charge >= 0.3 is 6.03 Å². The van der Waals surface area contributed by atoms with E-state index in [9.17, 15) is 4.79 Å². The number of aromatic nitrogens is 4. The van der Waals surface area contributed by atoms with Crippen molar-refractivity contribution in [1.29, 1.82) is 0 Å². The standard InChI is InChI=1S/C25H30N8O2/c1-3-26-25(34)29-19-7-5-18(6-8-19)22-30-21-15-32(24-27-10-4-11-28-24)12-9-20(21)23(31-22)33-13-14-35-16-17(33)2/h4-8,10-11,17H,3,9,12-16H2,1-2H3,(H2,26,29,34)/t17-/m1/s1. The third-order valence-electron chi connectivity index (χ3n) is 6.26. The Kier molecular flexibility index (Phi) is 6.71. The maximum absolute atomic E-state index is 11.8. The number of carbonyl (C=O) groups is 1. The Morgan fingerprint density at radius 2 is 1.94 bits per heavy atom. The van der Waals surface area contributed by atoms with Gasteiger partial charge in [-0.1, -0.05) is 0 Å². The maximum atomic E-state index is 11.8. The van der Waals surface area contributed by atoms with Crippen LogP contribution in [0, 0.1) is 0 Å². The lowest BCUT2D eigenvalue weighted by Gasteiger charge is -2.37. The molecule has 1 atom stereocenters. The summed E-state index contributed by atoms with van der Waals surface area (Å²) < 4.78 is 5.68. The van der Waals surface area contributed by atoms with Gasteiger partial charge in [0.15, 0.2) is 5.82 Å². The maximum Gasteiger partial charge on any atom is 0.319 e. The Labute approximate surface area is 204 Å². The van der Waals surface area contributed by atoms with Crippen LogP contribution in [0.4, 0.5) is 22.2 Å². The van der Waals surface area contributed by atoms with Crippen molar-refractivity contribution in [3.8, 4) is 11.4 Å². The summed E-state index contributed by atoms with van der Waals surface area (Å²) in [5.74, 6) is 2.36. The monoisotopic (exact) mass is 474 g/mol. The average molecular weight is 475 g/mol. The van der Waals surface area contributed by atoms with Crippen molar-refractivity contribution >= 4 is 23.5 Å². The number of morpholine rings is 1. The highest BCUT2D eigenvalue weighted by Crippen LogP contribution is 2.32. The van der Waals surface area contributed by atoms with Gasteiger partial charge in [0.2, 0.25) is 5.95 Å². The fourth-order valence-corrected chi connectivity index (χ4v) is 4.48. The van der Waals surface area contributed by atoms with Crippen LogP contribution in [-0.2, 0) is 17.7 Å². The normalized spacial score (nSPS) is 17.6. The van der Waals surface area contributed by atoms with Crippen molar-refractivity contribution in [2.75, 3.05) is 48.0 Å². The Morgan fingerprint density at radius 1 is 1.14 bits per heavy atom. The summed E-state index contributed by atoms with van der Waals surface area (Å²) in [6.45, 7) is 8.21. The topological polar surface area (TPSA) is 108 Å². The molecule has 2 aliphatic rings. The van der Waals surface area contributed by atoms with E-state index in [1.807, 2.05) is 37.3 Å². The third-order valence-corrected chi connectivity index (χ3v) is 6.26. The second-order valence-corrected chi connectivity index (χ2v) is 8.70. The molecule has 2 aromatic heterocycles. The molecule has 1 fully saturated rings. The first-order valence-electron chi connectivity index (χ1n) is 12.0. The molecule has 0 bridgehead atoms. The molecule has 2 amide bonds. The number of nitrogens with one attached hydrogen (secondary N) is 2. The molecule has 0 radical (unpaired) electrons. The van der Waals surface area contributed by atoms with E-state index < -0.39 is 0 Å². The van der Waals surface area contributed by atoms with Gasteiger partial charge in [-0.15, -0.1) is 0 Å². The zero-order chi connectivity index (χ0) is 24.2. The molecule has 0 unspecified atom stereocenters. The van der Waals surface area contributed by atoms with Gasteiger partial charge in [0, 0.05) is 48.8 Å². The van der Waals surface area contributed by atoms with Gasteiger partial charge in [0.25, 0.3) is 0 Å². The Hall–Kier alpha value is -3.79. The van der Waals surface area contributed by atoms with Crippen LogP contribution in [0.25, 0.3) is 11.4 Å². The predicted octanol–water partition coefficient (Wildman–Crippen LogP) is 2.86. The lowest BCUT2D eigenvalue weighted by molar-refractivity contribution is 0.0984. The molecule has 35 heavy (non-hydrogen) atoms. The van der Waals surface area contributed by atoms with E-state index in [1.165, 1.54) is 5.56 Å². The van der Waals surface area contributed by atoms with Crippen molar-refractivity contribution in [1.82, 2.24) is 25.3 Å². The summed E-state index contributed by atoms with van der Waals surface area (Å²) in [5, 5.41) is 5.57. The summed E-state index contributed by atoms with van der Waals surface area (Å²) >= 11 is 0. The van der Waals surface area contributed by atoms with Crippen molar-refractivity contribution in [2.24, 2.45) is 0 Å². The lowest BCUT2D eigenvalue weighted by Crippen LogP contribution is -2.45. The summed E-state index contributed by atoms with van der Waals surface area (Å²) in [7, 11) is 0. The molecule has 0 aliphatic carbocycles. The van der Waals surface area contributed by atoms with Crippen LogP contribution >= 0.6 is 0 Å². The van der Waals surface area contributed by atoms with E-state index in [1.54, 1.807) is 12.4 Å². The molecule has 182 valence electrons. The van der Waals surface area contributed by atoms with E-state index in [2.05, 4.69) is 37.3 Å². The molecular formula is C25H30N8O2. The first-order chi connectivity index (χ1) is 17.1. The number of nitrogens with zero attached hydrogens (tertiary/aromatic N) is 6. The van der Waals surface area contributed by atoms with Crippen LogP contribution in [0.5, 0.6) is 0 Å². The van der Waals surface area contributed by atoms with Gasteiger partial charge in [0.05, 0.1) is 31.5 Å². The second-order valence-electron chi connectivity index (χ2n) is 8.70. The van der Waals surface area contributed by atoms with Gasteiger partial charge in [-0.25, -0.2) is 24.7 Å². The van der Waals surface area contributed by atoms with Crippen LogP contribution in [0.2, 0.25) is 0 Å². The molecule has 10 heteroatoms. The largest absolute Gasteiger partial charge is 0.377 e. The van der Waals surface area contributed by atoms with Gasteiger partial charge in [-0.3, -0.25) is 0 Å². The zero-order valence-electron chi connectivity index (χ0n) is 20.1. The van der Waals surface area contributed by atoms with Crippen LogP contribution in [0.3, 0.4) is 0 Å². The summed E-state index contributed by atoms with van der Waals surface area (Å²) in [6, 6.07) is 9.45. The predicted molar refractivity (Wildman–Crippen MR) is 135 cm³/mol. The van der Waals surface area contributed by atoms with Crippen molar-refractivity contribution in [2.45, 2.75) is 32.9 Å². The Bertz CT molecular complexity index is 1170. The molecule has 2 aliphatic heterocycles. The smallest absolute Gasteiger partial charge is 0.319 e. The van der Waals surface area contributed by atoms with E-state index in [0.29, 0.717) is 43.8 Å². The minimum absolute atomic E-state index is 0.225. The molecule has 2 N–H and O–H groups in total. The number of hydrogen-bond donors (Lipinski definition) is 2. The number of anilines is 3. The highest BCUT2D eigenvalue weighted by molar-refractivity contribution is 5.89. The summed E-state index contributed by atoms with van der Waals surface area (Å²) in [4.78, 5) is 35.3. The third kappa shape index (κ3) is 5.02. The lowest BCUT2D eigenvalue weighted by atomic mass is 10.0. The van der Waals surface area contributed by atoms with Crippen molar-refractivity contribution in [3.63, 3.8) is 0 Å². The quantitative estimate of drug-likeness (QED) is 0.581. The van der Waals surface area contributed by atoms with Gasteiger partial charge in [0.1, 0.15) is 5.82 Å². The van der Waals surface area contributed by atoms with Gasteiger partial charge in [-0.05, 0) is 50.6 Å². The number of urea groups is 1. The molecule has 4 heterocycles. The van der Waals surface area contributed by atoms with E-state index in [4.69, 9.17) is 14.7 Å². The minimum Gasteiger partial charge on any atom is -0.377 e. The number of carbonyl (C=O) groups excluding carboxylic acids is 1. The van der Waals surface area contributed by atoms with E-state index >= 15 is 0 Å². The van der Waals surface area contributed by atoms with E-state index in [0.717, 1.165) is 36.6 Å². The van der Waals surface area contributed by atoms with Crippen LogP contribution in [0.1, 0.15) is 25.1 Å². The number of hydrogen-bond acceptors (Lipinski definition) is 8. The van der Waals surface area contributed by atoms with Crippen molar-refractivity contribution in [3.05, 3.63) is 54.0 Å². The van der Waals surface area contributed by atoms with Crippen LogP contribution in [-0.4, -0.2) is 64.9 Å². The molecule has 3 aromatic rings. The average Bonchev–Trinajstić information content (AvgIpc) is 2.89. The highest BCUT2D eigenvalue weighted by Gasteiger charge is 2.29. The first-order valence-corrected chi connectivity index (χ1v) is 12.0. The molecule has 0 saturated carbocycles. The van der Waals surface area contributed by atoms with Gasteiger partial charge < -0.3 is 25.2 Å². The molecule has 1 aromatic carbocycles. The number of ether oxygens (including phenoxy) is 1. The molecule has 10 nitrogen and oxygen atoms in total. The molecule has 5 rings (SSSR count). The number of fused-ring (bicyclic) bond motifs is 1. The SMILES string of the molecule is CCNC(=O)Nc1ccc(-c2nc3c(c(N4CCOC[C@H]4C)n2)CCN(c2ncccn2)C3)cc1. The van der Waals surface area contributed by atoms with Crippen LogP contribution < -0.4 is 20.4 Å². The first kappa shape index (κ1) is 23.0. The Morgan fingerprint density at radius 3 is 2.69 bits per heavy atom. The van der Waals surface area contributed by atoms with E-state index in [-0.39, 0.29) is 12.1 Å². The number of rotatable bonds is 5. The Balaban J connectivity index is 1.49. The fourth-order valence-electron chi connectivity index (χ4n) is 4.48. The number of amides is 2. The molecule has 0 spiro atoms. The van der Waals surface area contributed by atoms with Gasteiger partial charge in [-0.2, -0.15) is 0 Å². The summed E-state index contributed by atoms with van der Waals surface area (Å²) in [5.41, 5.74) is 3.78. The fraction of sp³-hybridized carbons (Fsp3) is 0.400. The highest BCUT2D eigenvalue weighted by atomic mass is 16.5. The summed E-state index contributed by atoms with van der Waals surface area (Å²) in [6.07, 6.45) is 4.35.